The molecule has 0 fully saturated rings. The van der Waals surface area contributed by atoms with Crippen LogP contribution in [0.5, 0.6) is 11.5 Å². The van der Waals surface area contributed by atoms with Crippen LogP contribution in [0.25, 0.3) is 98.4 Å². The number of ether oxygens (including phenoxy) is 1. The average Bonchev–Trinajstić information content (AvgIpc) is 3.88. The summed E-state index contributed by atoms with van der Waals surface area (Å²) >= 11 is 0. The first-order chi connectivity index (χ1) is 31.7. The van der Waals surface area contributed by atoms with Crippen molar-refractivity contribution in [2.45, 2.75) is 0 Å². The van der Waals surface area contributed by atoms with E-state index in [0.717, 1.165) is 62.0 Å². The fraction of sp³-hybridized carbons (Fsp3) is 0. The normalized spacial score (nSPS) is 12.5. The second-order valence-electron chi connectivity index (χ2n) is 16.9. The molecular formula is C60H37N3O. The van der Waals surface area contributed by atoms with Crippen LogP contribution in [0.2, 0.25) is 0 Å². The molecule has 1 aliphatic rings. The second-order valence-corrected chi connectivity index (χ2v) is 16.9. The molecule has 3 heterocycles. The number of para-hydroxylation sites is 4. The van der Waals surface area contributed by atoms with E-state index in [0.29, 0.717) is 0 Å². The molecule has 0 bridgehead atoms. The molecule has 298 valence electrons. The minimum absolute atomic E-state index is 0.793. The second kappa shape index (κ2) is 13.4. The summed E-state index contributed by atoms with van der Waals surface area (Å²) in [6.07, 6.45) is 0. The van der Waals surface area contributed by atoms with Crippen molar-refractivity contribution in [3.8, 4) is 34.0 Å². The van der Waals surface area contributed by atoms with Gasteiger partial charge in [0.25, 0.3) is 0 Å². The van der Waals surface area contributed by atoms with Gasteiger partial charge in [-0.05, 0) is 110 Å². The lowest BCUT2D eigenvalue weighted by Gasteiger charge is -2.34. The van der Waals surface area contributed by atoms with E-state index in [4.69, 9.17) is 4.74 Å². The first-order valence-corrected chi connectivity index (χ1v) is 21.9. The molecule has 0 amide bonds. The largest absolute Gasteiger partial charge is 0.453 e. The molecule has 0 N–H and O–H groups in total. The van der Waals surface area contributed by atoms with E-state index in [1.165, 1.54) is 65.0 Å². The average molecular weight is 816 g/mol. The van der Waals surface area contributed by atoms with Gasteiger partial charge < -0.3 is 18.8 Å². The zero-order chi connectivity index (χ0) is 41.9. The molecule has 13 aromatic rings. The molecule has 4 heteroatoms. The highest BCUT2D eigenvalue weighted by atomic mass is 16.5. The highest BCUT2D eigenvalue weighted by Crippen LogP contribution is 2.53. The molecule has 0 unspecified atom stereocenters. The Morgan fingerprint density at radius 3 is 1.14 bits per heavy atom. The van der Waals surface area contributed by atoms with Crippen molar-refractivity contribution in [3.63, 3.8) is 0 Å². The summed E-state index contributed by atoms with van der Waals surface area (Å²) in [6, 6.07) is 81.5. The van der Waals surface area contributed by atoms with Crippen LogP contribution in [0.3, 0.4) is 0 Å². The van der Waals surface area contributed by atoms with Gasteiger partial charge in [0.05, 0.1) is 44.8 Å². The van der Waals surface area contributed by atoms with Gasteiger partial charge in [0, 0.05) is 39.4 Å². The van der Waals surface area contributed by atoms with E-state index in [2.05, 4.69) is 238 Å². The van der Waals surface area contributed by atoms with E-state index < -0.39 is 0 Å². The van der Waals surface area contributed by atoms with Gasteiger partial charge in [-0.25, -0.2) is 0 Å². The SMILES string of the molecule is c1ccc(-c2ccc3c4ccccc4c4ccc(N5c6ccc(-n7c8ccccc8c8ccccc87)cc6Oc6cc(-n7c8ccccc8c8ccccc87)ccc65)cc4c3c2)cc1. The smallest absolute Gasteiger partial charge is 0.153 e. The first-order valence-electron chi connectivity index (χ1n) is 21.9. The van der Waals surface area contributed by atoms with Crippen molar-refractivity contribution in [2.24, 2.45) is 0 Å². The molecule has 64 heavy (non-hydrogen) atoms. The van der Waals surface area contributed by atoms with Crippen LogP contribution in [-0.4, -0.2) is 9.13 Å². The summed E-state index contributed by atoms with van der Waals surface area (Å²) in [5.74, 6) is 1.59. The number of fused-ring (bicyclic) bond motifs is 14. The molecule has 11 aromatic carbocycles. The highest BCUT2D eigenvalue weighted by Gasteiger charge is 2.29. The predicted molar refractivity (Wildman–Crippen MR) is 268 cm³/mol. The zero-order valence-electron chi connectivity index (χ0n) is 34.6. The van der Waals surface area contributed by atoms with Gasteiger partial charge in [0.15, 0.2) is 11.5 Å². The minimum Gasteiger partial charge on any atom is -0.453 e. The molecule has 0 aliphatic carbocycles. The minimum atomic E-state index is 0.793. The first kappa shape index (κ1) is 35.0. The monoisotopic (exact) mass is 815 g/mol. The molecule has 4 nitrogen and oxygen atoms in total. The summed E-state index contributed by atoms with van der Waals surface area (Å²) < 4.78 is 11.9. The van der Waals surface area contributed by atoms with Gasteiger partial charge in [-0.1, -0.05) is 146 Å². The quantitative estimate of drug-likeness (QED) is 0.165. The Kier molecular flexibility index (Phi) is 7.36. The summed E-state index contributed by atoms with van der Waals surface area (Å²) in [5, 5.41) is 12.3. The molecule has 0 spiro atoms. The van der Waals surface area contributed by atoms with Crippen molar-refractivity contribution in [2.75, 3.05) is 4.90 Å². The fourth-order valence-electron chi connectivity index (χ4n) is 10.6. The summed E-state index contributed by atoms with van der Waals surface area (Å²) in [7, 11) is 0. The van der Waals surface area contributed by atoms with Gasteiger partial charge in [0.1, 0.15) is 0 Å². The van der Waals surface area contributed by atoms with E-state index in [9.17, 15) is 0 Å². The Labute approximate surface area is 368 Å². The van der Waals surface area contributed by atoms with Gasteiger partial charge in [0.2, 0.25) is 0 Å². The number of hydrogen-bond donors (Lipinski definition) is 0. The number of aromatic nitrogens is 2. The predicted octanol–water partition coefficient (Wildman–Crippen LogP) is 16.6. The number of rotatable bonds is 4. The van der Waals surface area contributed by atoms with Gasteiger partial charge in [-0.15, -0.1) is 0 Å². The molecule has 0 saturated carbocycles. The Morgan fingerprint density at radius 2 is 0.641 bits per heavy atom. The van der Waals surface area contributed by atoms with Gasteiger partial charge >= 0.3 is 0 Å². The van der Waals surface area contributed by atoms with Gasteiger partial charge in [-0.3, -0.25) is 0 Å². The van der Waals surface area contributed by atoms with E-state index in [1.54, 1.807) is 0 Å². The Hall–Kier alpha value is -8.60. The molecule has 2 aromatic heterocycles. The van der Waals surface area contributed by atoms with Crippen molar-refractivity contribution in [1.82, 2.24) is 9.13 Å². The van der Waals surface area contributed by atoms with Crippen LogP contribution >= 0.6 is 0 Å². The maximum Gasteiger partial charge on any atom is 0.153 e. The maximum atomic E-state index is 7.17. The topological polar surface area (TPSA) is 22.3 Å². The number of benzene rings is 11. The summed E-state index contributed by atoms with van der Waals surface area (Å²) in [5.41, 5.74) is 12.2. The zero-order valence-corrected chi connectivity index (χ0v) is 34.6. The summed E-state index contributed by atoms with van der Waals surface area (Å²) in [6.45, 7) is 0. The molecule has 1 aliphatic heterocycles. The van der Waals surface area contributed by atoms with E-state index in [1.807, 2.05) is 0 Å². The maximum absolute atomic E-state index is 7.17. The summed E-state index contributed by atoms with van der Waals surface area (Å²) in [4.78, 5) is 2.39. The third kappa shape index (κ3) is 5.05. The van der Waals surface area contributed by atoms with Crippen LogP contribution in [0.1, 0.15) is 0 Å². The van der Waals surface area contributed by atoms with Crippen LogP contribution in [0.15, 0.2) is 224 Å². The fourth-order valence-corrected chi connectivity index (χ4v) is 10.6. The Balaban J connectivity index is 1.02. The third-order valence-corrected chi connectivity index (χ3v) is 13.5. The molecule has 0 saturated heterocycles. The van der Waals surface area contributed by atoms with Crippen LogP contribution in [-0.2, 0) is 0 Å². The van der Waals surface area contributed by atoms with Crippen LogP contribution < -0.4 is 9.64 Å². The Morgan fingerprint density at radius 1 is 0.250 bits per heavy atom. The molecule has 0 atom stereocenters. The third-order valence-electron chi connectivity index (χ3n) is 13.5. The molecular weight excluding hydrogens is 779 g/mol. The van der Waals surface area contributed by atoms with Crippen LogP contribution in [0.4, 0.5) is 17.1 Å². The highest BCUT2D eigenvalue weighted by molar-refractivity contribution is 6.26. The van der Waals surface area contributed by atoms with Crippen molar-refractivity contribution >= 4 is 93.0 Å². The van der Waals surface area contributed by atoms with Crippen LogP contribution in [0, 0.1) is 0 Å². The lowest BCUT2D eigenvalue weighted by molar-refractivity contribution is 0.476. The van der Waals surface area contributed by atoms with Crippen molar-refractivity contribution in [3.05, 3.63) is 224 Å². The van der Waals surface area contributed by atoms with E-state index >= 15 is 0 Å². The molecule has 0 radical (unpaired) electrons. The lowest BCUT2D eigenvalue weighted by atomic mass is 9.91. The number of anilines is 3. The van der Waals surface area contributed by atoms with E-state index in [-0.39, 0.29) is 0 Å². The van der Waals surface area contributed by atoms with Crippen molar-refractivity contribution < 1.29 is 4.74 Å². The number of hydrogen-bond acceptors (Lipinski definition) is 2. The van der Waals surface area contributed by atoms with Crippen molar-refractivity contribution in [1.29, 1.82) is 0 Å². The molecule has 14 rings (SSSR count). The van der Waals surface area contributed by atoms with Gasteiger partial charge in [-0.2, -0.15) is 0 Å². The lowest BCUT2D eigenvalue weighted by Crippen LogP contribution is -2.16. The Bertz CT molecular complexity index is 3790. The standard InChI is InChI=1S/C60H37N3O/c1-2-14-38(15-3-1)39-26-30-45-43-16-4-5-17-44(43)46-31-27-40(35-52(46)51(45)34-39)63-57-32-28-41(61-53-22-10-6-18-47(53)48-19-7-11-23-54(48)61)36-59(57)64-60-37-42(29-33-58(60)63)62-55-24-12-8-20-49(55)50-21-9-13-25-56(50)62/h1-37H. The number of nitrogens with zero attached hydrogens (tertiary/aromatic N) is 3.